The Morgan fingerprint density at radius 1 is 1.29 bits per heavy atom. The largest absolute Gasteiger partial charge is 0.478 e. The first kappa shape index (κ1) is 15.9. The molecule has 5 rings (SSSR count). The molecule has 24 heavy (non-hydrogen) atoms. The molecule has 0 amide bonds. The summed E-state index contributed by atoms with van der Waals surface area (Å²) in [5, 5.41) is 13.0. The van der Waals surface area contributed by atoms with Crippen LogP contribution in [0.2, 0.25) is 0 Å². The highest BCUT2D eigenvalue weighted by Gasteiger charge is 2.50. The molecule has 4 bridgehead atoms. The fourth-order valence-corrected chi connectivity index (χ4v) is 5.79. The van der Waals surface area contributed by atoms with Gasteiger partial charge >= 0.3 is 5.97 Å². The van der Waals surface area contributed by atoms with Crippen molar-refractivity contribution in [2.45, 2.75) is 57.5 Å². The molecule has 4 fully saturated rings. The Morgan fingerprint density at radius 2 is 1.88 bits per heavy atom. The number of nitrogens with one attached hydrogen (secondary N) is 1. The minimum Gasteiger partial charge on any atom is -0.478 e. The van der Waals surface area contributed by atoms with E-state index in [1.165, 1.54) is 44.1 Å². The molecule has 1 aromatic rings. The van der Waals surface area contributed by atoms with Gasteiger partial charge in [0.2, 0.25) is 0 Å². The van der Waals surface area contributed by atoms with Gasteiger partial charge in [0.25, 0.3) is 0 Å². The Kier molecular flexibility index (Phi) is 3.83. The number of hydrogen-bond acceptors (Lipinski definition) is 2. The third-order valence-corrected chi connectivity index (χ3v) is 6.51. The lowest BCUT2D eigenvalue weighted by molar-refractivity contribution is -0.132. The van der Waals surface area contributed by atoms with Crippen LogP contribution in [0.15, 0.2) is 17.8 Å². The summed E-state index contributed by atoms with van der Waals surface area (Å²) in [6.07, 6.45) is 12.3. The summed E-state index contributed by atoms with van der Waals surface area (Å²) in [7, 11) is 1.98. The molecule has 0 unspecified atom stereocenters. The third-order valence-electron chi connectivity index (χ3n) is 6.51. The van der Waals surface area contributed by atoms with Crippen LogP contribution in [-0.4, -0.2) is 21.2 Å². The fourth-order valence-electron chi connectivity index (χ4n) is 5.79. The lowest BCUT2D eigenvalue weighted by Crippen LogP contribution is -2.58. The summed E-state index contributed by atoms with van der Waals surface area (Å²) < 4.78 is 2.02. The maximum atomic E-state index is 11.0. The SMILES string of the molecule is CC(=Cc1cc(CNC23CC4CC(CC(C4)C2)C3)cn1C)C(=O)O. The molecule has 4 aliphatic carbocycles. The normalized spacial score (nSPS) is 34.8. The molecule has 130 valence electrons. The summed E-state index contributed by atoms with van der Waals surface area (Å²) >= 11 is 0. The van der Waals surface area contributed by atoms with E-state index >= 15 is 0 Å². The molecular weight excluding hydrogens is 300 g/mol. The van der Waals surface area contributed by atoms with Gasteiger partial charge in [-0.05, 0) is 80.9 Å². The van der Waals surface area contributed by atoms with Crippen LogP contribution in [-0.2, 0) is 18.4 Å². The van der Waals surface area contributed by atoms with E-state index in [1.807, 2.05) is 11.6 Å². The van der Waals surface area contributed by atoms with Gasteiger partial charge in [-0.1, -0.05) is 0 Å². The van der Waals surface area contributed by atoms with Crippen LogP contribution in [0.3, 0.4) is 0 Å². The zero-order valence-electron chi connectivity index (χ0n) is 14.7. The first-order chi connectivity index (χ1) is 11.4. The van der Waals surface area contributed by atoms with Crippen molar-refractivity contribution in [2.75, 3.05) is 0 Å². The highest BCUT2D eigenvalue weighted by Crippen LogP contribution is 2.55. The van der Waals surface area contributed by atoms with Gasteiger partial charge in [-0.15, -0.1) is 0 Å². The number of nitrogens with zero attached hydrogens (tertiary/aromatic N) is 1. The van der Waals surface area contributed by atoms with Crippen molar-refractivity contribution < 1.29 is 9.90 Å². The molecule has 1 heterocycles. The van der Waals surface area contributed by atoms with Crippen LogP contribution in [0.5, 0.6) is 0 Å². The maximum Gasteiger partial charge on any atom is 0.331 e. The average Bonchev–Trinajstić information content (AvgIpc) is 2.84. The molecule has 4 aliphatic rings. The number of aliphatic carboxylic acids is 1. The molecule has 4 saturated carbocycles. The van der Waals surface area contributed by atoms with Gasteiger partial charge < -0.3 is 15.0 Å². The van der Waals surface area contributed by atoms with E-state index in [1.54, 1.807) is 13.0 Å². The third kappa shape index (κ3) is 2.92. The van der Waals surface area contributed by atoms with E-state index in [9.17, 15) is 4.79 Å². The van der Waals surface area contributed by atoms with Crippen molar-refractivity contribution in [1.29, 1.82) is 0 Å². The smallest absolute Gasteiger partial charge is 0.331 e. The van der Waals surface area contributed by atoms with Gasteiger partial charge in [0.05, 0.1) is 0 Å². The molecule has 0 aromatic carbocycles. The molecule has 0 atom stereocenters. The second kappa shape index (κ2) is 5.76. The van der Waals surface area contributed by atoms with Gasteiger partial charge in [-0.3, -0.25) is 0 Å². The summed E-state index contributed by atoms with van der Waals surface area (Å²) in [6.45, 7) is 2.53. The predicted molar refractivity (Wildman–Crippen MR) is 94.4 cm³/mol. The van der Waals surface area contributed by atoms with Crippen molar-refractivity contribution in [2.24, 2.45) is 24.8 Å². The predicted octanol–water partition coefficient (Wildman–Crippen LogP) is 3.57. The lowest BCUT2D eigenvalue weighted by atomic mass is 9.53. The Hall–Kier alpha value is -1.55. The molecule has 1 aromatic heterocycles. The van der Waals surface area contributed by atoms with Crippen LogP contribution in [0.1, 0.15) is 56.7 Å². The van der Waals surface area contributed by atoms with Crippen molar-refractivity contribution in [3.8, 4) is 0 Å². The van der Waals surface area contributed by atoms with Crippen molar-refractivity contribution in [3.63, 3.8) is 0 Å². The van der Waals surface area contributed by atoms with Gasteiger partial charge in [-0.25, -0.2) is 4.79 Å². The number of carbonyl (C=O) groups is 1. The summed E-state index contributed by atoms with van der Waals surface area (Å²) in [6, 6.07) is 2.11. The fraction of sp³-hybridized carbons (Fsp3) is 0.650. The monoisotopic (exact) mass is 328 g/mol. The van der Waals surface area contributed by atoms with Crippen LogP contribution in [0.4, 0.5) is 0 Å². The number of hydrogen-bond donors (Lipinski definition) is 2. The average molecular weight is 328 g/mol. The van der Waals surface area contributed by atoms with Gasteiger partial charge in [0.1, 0.15) is 0 Å². The number of aryl methyl sites for hydroxylation is 1. The number of aromatic nitrogens is 1. The van der Waals surface area contributed by atoms with Crippen LogP contribution < -0.4 is 5.32 Å². The van der Waals surface area contributed by atoms with E-state index in [-0.39, 0.29) is 0 Å². The van der Waals surface area contributed by atoms with Gasteiger partial charge in [-0.2, -0.15) is 0 Å². The molecule has 0 radical (unpaired) electrons. The standard InChI is InChI=1S/C20H28N2O2/c1-13(19(23)24)3-18-7-17(12-22(18)2)11-21-20-8-14-4-15(9-20)6-16(5-14)10-20/h3,7,12,14-16,21H,4-6,8-11H2,1-2H3,(H,23,24). The molecule has 4 heteroatoms. The molecule has 0 aliphatic heterocycles. The minimum absolute atomic E-state index is 0.372. The second-order valence-electron chi connectivity index (χ2n) is 8.57. The Labute approximate surface area is 143 Å². The van der Waals surface area contributed by atoms with E-state index in [0.29, 0.717) is 11.1 Å². The van der Waals surface area contributed by atoms with E-state index < -0.39 is 5.97 Å². The molecule has 2 N–H and O–H groups in total. The number of rotatable bonds is 5. The van der Waals surface area contributed by atoms with Crippen molar-refractivity contribution in [3.05, 3.63) is 29.1 Å². The van der Waals surface area contributed by atoms with E-state index in [0.717, 1.165) is 30.0 Å². The van der Waals surface area contributed by atoms with Crippen molar-refractivity contribution in [1.82, 2.24) is 9.88 Å². The van der Waals surface area contributed by atoms with Gasteiger partial charge in [0.15, 0.2) is 0 Å². The van der Waals surface area contributed by atoms with Crippen molar-refractivity contribution >= 4 is 12.0 Å². The summed E-state index contributed by atoms with van der Waals surface area (Å²) in [4.78, 5) is 11.0. The van der Waals surface area contributed by atoms with Crippen LogP contribution in [0.25, 0.3) is 6.08 Å². The number of carboxylic acid groups (broad SMARTS) is 1. The van der Waals surface area contributed by atoms with E-state index in [4.69, 9.17) is 5.11 Å². The second-order valence-corrected chi connectivity index (χ2v) is 8.57. The van der Waals surface area contributed by atoms with Gasteiger partial charge in [0, 0.05) is 36.6 Å². The summed E-state index contributed by atoms with van der Waals surface area (Å²) in [5.74, 6) is 2.01. The highest BCUT2D eigenvalue weighted by molar-refractivity contribution is 5.91. The maximum absolute atomic E-state index is 11.0. The summed E-state index contributed by atoms with van der Waals surface area (Å²) in [5.41, 5.74) is 2.95. The topological polar surface area (TPSA) is 54.3 Å². The quantitative estimate of drug-likeness (QED) is 0.813. The van der Waals surface area contributed by atoms with Crippen LogP contribution >= 0.6 is 0 Å². The highest BCUT2D eigenvalue weighted by atomic mass is 16.4. The Balaban J connectivity index is 1.45. The van der Waals surface area contributed by atoms with Crippen LogP contribution in [0, 0.1) is 17.8 Å². The molecule has 4 nitrogen and oxygen atoms in total. The zero-order valence-corrected chi connectivity index (χ0v) is 14.7. The van der Waals surface area contributed by atoms with E-state index in [2.05, 4.69) is 17.6 Å². The molecule has 0 spiro atoms. The zero-order chi connectivity index (χ0) is 16.9. The Morgan fingerprint density at radius 3 is 2.42 bits per heavy atom. The molecular formula is C20H28N2O2. The first-order valence-corrected chi connectivity index (χ1v) is 9.24. The Bertz CT molecular complexity index is 651. The first-order valence-electron chi connectivity index (χ1n) is 9.24. The lowest BCUT2D eigenvalue weighted by Gasteiger charge is -2.57. The number of carboxylic acids is 1. The minimum atomic E-state index is -0.857. The molecule has 0 saturated heterocycles.